The molecule has 1 aromatic rings. The lowest BCUT2D eigenvalue weighted by molar-refractivity contribution is 0.616. The Bertz CT molecular complexity index is 377. The van der Waals surface area contributed by atoms with Crippen molar-refractivity contribution in [3.8, 4) is 0 Å². The Hall–Kier alpha value is -1.32. The normalized spacial score (nSPS) is 10.7. The minimum Gasteiger partial charge on any atom is -0.383 e. The number of aryl methyl sites for hydroxylation is 1. The second-order valence-electron chi connectivity index (χ2n) is 5.05. The number of anilines is 2. The van der Waals surface area contributed by atoms with E-state index in [0.29, 0.717) is 5.82 Å². The second kappa shape index (κ2) is 8.73. The van der Waals surface area contributed by atoms with E-state index in [1.807, 2.05) is 13.8 Å². The highest BCUT2D eigenvalue weighted by Gasteiger charge is 2.06. The summed E-state index contributed by atoms with van der Waals surface area (Å²) >= 11 is 0. The lowest BCUT2D eigenvalue weighted by Gasteiger charge is -2.11. The Kier molecular flexibility index (Phi) is 7.23. The van der Waals surface area contributed by atoms with Crippen molar-refractivity contribution in [3.63, 3.8) is 0 Å². The molecule has 4 heteroatoms. The van der Waals surface area contributed by atoms with Crippen LogP contribution in [0.1, 0.15) is 63.8 Å². The molecule has 108 valence electrons. The van der Waals surface area contributed by atoms with Crippen LogP contribution in [0.25, 0.3) is 0 Å². The number of unbranched alkanes of at least 4 members (excludes halogenated alkanes) is 5. The Labute approximate surface area is 117 Å². The smallest absolute Gasteiger partial charge is 0.134 e. The Morgan fingerprint density at radius 1 is 1.00 bits per heavy atom. The van der Waals surface area contributed by atoms with E-state index in [4.69, 9.17) is 5.73 Å². The SMILES string of the molecule is CCCCCCCCNc1nc(CC)nc(N)c1C. The summed E-state index contributed by atoms with van der Waals surface area (Å²) < 4.78 is 0. The maximum absolute atomic E-state index is 5.89. The van der Waals surface area contributed by atoms with E-state index < -0.39 is 0 Å². The molecule has 0 atom stereocenters. The highest BCUT2D eigenvalue weighted by molar-refractivity contribution is 5.54. The molecule has 1 rings (SSSR count). The molecule has 0 radical (unpaired) electrons. The van der Waals surface area contributed by atoms with Crippen molar-refractivity contribution in [1.82, 2.24) is 9.97 Å². The molecule has 0 aliphatic heterocycles. The lowest BCUT2D eigenvalue weighted by atomic mass is 10.1. The van der Waals surface area contributed by atoms with Gasteiger partial charge in [0.1, 0.15) is 17.5 Å². The molecule has 3 N–H and O–H groups in total. The summed E-state index contributed by atoms with van der Waals surface area (Å²) in [4.78, 5) is 8.75. The first kappa shape index (κ1) is 15.7. The second-order valence-corrected chi connectivity index (χ2v) is 5.05. The highest BCUT2D eigenvalue weighted by atomic mass is 15.1. The van der Waals surface area contributed by atoms with Crippen molar-refractivity contribution in [3.05, 3.63) is 11.4 Å². The molecule has 0 spiro atoms. The lowest BCUT2D eigenvalue weighted by Crippen LogP contribution is -2.10. The van der Waals surface area contributed by atoms with Gasteiger partial charge in [0, 0.05) is 18.5 Å². The van der Waals surface area contributed by atoms with Crippen LogP contribution in [0.3, 0.4) is 0 Å². The third-order valence-corrected chi connectivity index (χ3v) is 3.37. The standard InChI is InChI=1S/C15H28N4/c1-4-6-7-8-9-10-11-17-15-12(3)14(16)18-13(5-2)19-15/h4-11H2,1-3H3,(H3,16,17,18,19). The maximum Gasteiger partial charge on any atom is 0.134 e. The van der Waals surface area contributed by atoms with Gasteiger partial charge in [-0.2, -0.15) is 0 Å². The van der Waals surface area contributed by atoms with Gasteiger partial charge in [0.25, 0.3) is 0 Å². The largest absolute Gasteiger partial charge is 0.383 e. The molecular weight excluding hydrogens is 236 g/mol. The van der Waals surface area contributed by atoms with E-state index in [1.165, 1.54) is 38.5 Å². The molecule has 0 fully saturated rings. The van der Waals surface area contributed by atoms with Gasteiger partial charge in [-0.3, -0.25) is 0 Å². The summed E-state index contributed by atoms with van der Waals surface area (Å²) in [6.07, 6.45) is 8.64. The quantitative estimate of drug-likeness (QED) is 0.667. The minimum absolute atomic E-state index is 0.595. The predicted molar refractivity (Wildman–Crippen MR) is 82.4 cm³/mol. The number of nitrogens with two attached hydrogens (primary N) is 1. The number of hydrogen-bond acceptors (Lipinski definition) is 4. The zero-order valence-corrected chi connectivity index (χ0v) is 12.6. The van der Waals surface area contributed by atoms with Crippen molar-refractivity contribution < 1.29 is 0 Å². The first-order valence-corrected chi connectivity index (χ1v) is 7.55. The first-order valence-electron chi connectivity index (χ1n) is 7.55. The molecule has 0 unspecified atom stereocenters. The van der Waals surface area contributed by atoms with Gasteiger partial charge in [0.05, 0.1) is 0 Å². The maximum atomic E-state index is 5.89. The fraction of sp³-hybridized carbons (Fsp3) is 0.733. The summed E-state index contributed by atoms with van der Waals surface area (Å²) in [6, 6.07) is 0. The van der Waals surface area contributed by atoms with Gasteiger partial charge < -0.3 is 11.1 Å². The average molecular weight is 264 g/mol. The molecular formula is C15H28N4. The van der Waals surface area contributed by atoms with Crippen LogP contribution in [-0.2, 0) is 6.42 Å². The van der Waals surface area contributed by atoms with Gasteiger partial charge in [-0.15, -0.1) is 0 Å². The molecule has 1 aromatic heterocycles. The van der Waals surface area contributed by atoms with Crippen molar-refractivity contribution in [2.45, 2.75) is 65.7 Å². The van der Waals surface area contributed by atoms with Gasteiger partial charge in [0.2, 0.25) is 0 Å². The Morgan fingerprint density at radius 2 is 1.68 bits per heavy atom. The number of nitrogen functional groups attached to an aromatic ring is 1. The number of nitrogens with zero attached hydrogens (tertiary/aromatic N) is 2. The summed E-state index contributed by atoms with van der Waals surface area (Å²) in [5.41, 5.74) is 6.85. The fourth-order valence-electron chi connectivity index (χ4n) is 2.02. The number of nitrogens with one attached hydrogen (secondary N) is 1. The number of rotatable bonds is 9. The van der Waals surface area contributed by atoms with Gasteiger partial charge in [0.15, 0.2) is 0 Å². The summed E-state index contributed by atoms with van der Waals surface area (Å²) in [7, 11) is 0. The summed E-state index contributed by atoms with van der Waals surface area (Å²) in [5.74, 6) is 2.31. The fourth-order valence-corrected chi connectivity index (χ4v) is 2.02. The number of hydrogen-bond donors (Lipinski definition) is 2. The molecule has 19 heavy (non-hydrogen) atoms. The molecule has 0 aliphatic carbocycles. The van der Waals surface area contributed by atoms with Crippen LogP contribution >= 0.6 is 0 Å². The summed E-state index contributed by atoms with van der Waals surface area (Å²) in [6.45, 7) is 7.22. The van der Waals surface area contributed by atoms with Crippen molar-refractivity contribution in [2.75, 3.05) is 17.6 Å². The topological polar surface area (TPSA) is 63.8 Å². The van der Waals surface area contributed by atoms with Gasteiger partial charge in [-0.1, -0.05) is 46.0 Å². The average Bonchev–Trinajstić information content (AvgIpc) is 2.42. The van der Waals surface area contributed by atoms with E-state index in [1.54, 1.807) is 0 Å². The molecule has 0 bridgehead atoms. The van der Waals surface area contributed by atoms with E-state index >= 15 is 0 Å². The third-order valence-electron chi connectivity index (χ3n) is 3.37. The van der Waals surface area contributed by atoms with Crippen LogP contribution < -0.4 is 11.1 Å². The molecule has 4 nitrogen and oxygen atoms in total. The van der Waals surface area contributed by atoms with Crippen molar-refractivity contribution in [2.24, 2.45) is 0 Å². The van der Waals surface area contributed by atoms with Crippen molar-refractivity contribution in [1.29, 1.82) is 0 Å². The summed E-state index contributed by atoms with van der Waals surface area (Å²) in [5, 5.41) is 3.39. The van der Waals surface area contributed by atoms with E-state index in [0.717, 1.165) is 30.2 Å². The van der Waals surface area contributed by atoms with E-state index in [2.05, 4.69) is 22.2 Å². The Balaban J connectivity index is 2.34. The third kappa shape index (κ3) is 5.45. The van der Waals surface area contributed by atoms with Crippen molar-refractivity contribution >= 4 is 11.6 Å². The van der Waals surface area contributed by atoms with Crippen LogP contribution in [-0.4, -0.2) is 16.5 Å². The van der Waals surface area contributed by atoms with Crippen LogP contribution in [0.5, 0.6) is 0 Å². The van der Waals surface area contributed by atoms with E-state index in [-0.39, 0.29) is 0 Å². The highest BCUT2D eigenvalue weighted by Crippen LogP contribution is 2.17. The number of aromatic nitrogens is 2. The minimum atomic E-state index is 0.595. The molecule has 0 amide bonds. The monoisotopic (exact) mass is 264 g/mol. The predicted octanol–water partition coefficient (Wildman–Crippen LogP) is 3.70. The molecule has 0 saturated carbocycles. The Morgan fingerprint density at radius 3 is 2.37 bits per heavy atom. The molecule has 0 aliphatic rings. The first-order chi connectivity index (χ1) is 9.19. The van der Waals surface area contributed by atoms with E-state index in [9.17, 15) is 0 Å². The molecule has 0 aromatic carbocycles. The van der Waals surface area contributed by atoms with Crippen LogP contribution in [0.2, 0.25) is 0 Å². The zero-order chi connectivity index (χ0) is 14.1. The van der Waals surface area contributed by atoms with Crippen LogP contribution in [0.15, 0.2) is 0 Å². The van der Waals surface area contributed by atoms with Crippen LogP contribution in [0.4, 0.5) is 11.6 Å². The van der Waals surface area contributed by atoms with Gasteiger partial charge >= 0.3 is 0 Å². The molecule has 1 heterocycles. The van der Waals surface area contributed by atoms with Crippen LogP contribution in [0, 0.1) is 6.92 Å². The van der Waals surface area contributed by atoms with Gasteiger partial charge in [-0.25, -0.2) is 9.97 Å². The zero-order valence-electron chi connectivity index (χ0n) is 12.6. The molecule has 0 saturated heterocycles. The van der Waals surface area contributed by atoms with Gasteiger partial charge in [-0.05, 0) is 13.3 Å².